The maximum absolute atomic E-state index is 9.01. The molecule has 0 atom stereocenters. The molecule has 0 saturated heterocycles. The molecule has 2 N–H and O–H groups in total. The van der Waals surface area contributed by atoms with E-state index in [9.17, 15) is 0 Å². The van der Waals surface area contributed by atoms with E-state index in [1.54, 1.807) is 24.3 Å². The fourth-order valence-electron chi connectivity index (χ4n) is 0.630. The van der Waals surface area contributed by atoms with Crippen molar-refractivity contribution >= 4 is 5.97 Å². The topological polar surface area (TPSA) is 89.8 Å². The zero-order valence-corrected chi connectivity index (χ0v) is 10.6. The summed E-state index contributed by atoms with van der Waals surface area (Å²) in [6.07, 6.45) is 0. The number of rotatable bonds is 2. The van der Waals surface area contributed by atoms with Crippen LogP contribution in [0.3, 0.4) is 0 Å². The molecular formula is C9H11NaO5. The first-order valence-corrected chi connectivity index (χ1v) is 3.74. The Labute approximate surface area is 110 Å². The van der Waals surface area contributed by atoms with Gasteiger partial charge in [0, 0.05) is 0 Å². The standard InChI is InChI=1S/C7H8O2.C2H4O3.Na/c1-9-7-5-3-2-4-6(7)8;3-1-2(4)5;/h2-5,8H,1H3;3H,1H2,(H,4,5);/q;;+1/p-1. The molecule has 1 rings (SSSR count). The number of aliphatic hydroxyl groups is 1. The van der Waals surface area contributed by atoms with E-state index in [0.717, 1.165) is 0 Å². The van der Waals surface area contributed by atoms with E-state index < -0.39 is 12.6 Å². The van der Waals surface area contributed by atoms with E-state index >= 15 is 0 Å². The molecule has 6 heteroatoms. The van der Waals surface area contributed by atoms with Gasteiger partial charge in [-0.15, -0.1) is 0 Å². The van der Waals surface area contributed by atoms with E-state index in [0.29, 0.717) is 5.75 Å². The number of carboxylic acid groups (broad SMARTS) is 1. The normalized spacial score (nSPS) is 7.87. The fourth-order valence-corrected chi connectivity index (χ4v) is 0.630. The van der Waals surface area contributed by atoms with Crippen LogP contribution in [0.1, 0.15) is 0 Å². The third kappa shape index (κ3) is 8.26. The van der Waals surface area contributed by atoms with Crippen molar-refractivity contribution in [3.05, 3.63) is 24.3 Å². The summed E-state index contributed by atoms with van der Waals surface area (Å²) >= 11 is 0. The number of hydrogen-bond donors (Lipinski definition) is 2. The van der Waals surface area contributed by atoms with Crippen LogP contribution in [0, 0.1) is 0 Å². The van der Waals surface area contributed by atoms with Crippen molar-refractivity contribution < 1.29 is 54.4 Å². The molecule has 1 aromatic rings. The summed E-state index contributed by atoms with van der Waals surface area (Å²) in [5.74, 6) is -0.748. The second-order valence-corrected chi connectivity index (χ2v) is 2.20. The fraction of sp³-hybridized carbons (Fsp3) is 0.222. The van der Waals surface area contributed by atoms with Crippen molar-refractivity contribution in [2.24, 2.45) is 0 Å². The van der Waals surface area contributed by atoms with Crippen molar-refractivity contribution in [2.45, 2.75) is 0 Å². The number of aliphatic carboxylic acids is 1. The van der Waals surface area contributed by atoms with Gasteiger partial charge in [-0.1, -0.05) is 12.1 Å². The number of carbonyl (C=O) groups excluding carboxylic acids is 1. The maximum Gasteiger partial charge on any atom is 1.00 e. The van der Waals surface area contributed by atoms with Gasteiger partial charge in [0.1, 0.15) is 0 Å². The van der Waals surface area contributed by atoms with Gasteiger partial charge in [-0.05, 0) is 12.1 Å². The Kier molecular flexibility index (Phi) is 10.9. The molecule has 0 aromatic heterocycles. The van der Waals surface area contributed by atoms with Crippen molar-refractivity contribution in [1.82, 2.24) is 0 Å². The Balaban J connectivity index is 0. The number of methoxy groups -OCH3 is 1. The summed E-state index contributed by atoms with van der Waals surface area (Å²) in [6.45, 7) is -0.889. The monoisotopic (exact) mass is 222 g/mol. The van der Waals surface area contributed by atoms with Gasteiger partial charge in [0.2, 0.25) is 0 Å². The second kappa shape index (κ2) is 9.79. The summed E-state index contributed by atoms with van der Waals surface area (Å²) in [5.41, 5.74) is 0. The van der Waals surface area contributed by atoms with Crippen LogP contribution in [-0.2, 0) is 4.79 Å². The number of carboxylic acids is 1. The van der Waals surface area contributed by atoms with Crippen LogP contribution in [0.5, 0.6) is 11.5 Å². The summed E-state index contributed by atoms with van der Waals surface area (Å²) in [6, 6.07) is 6.84. The molecule has 0 saturated carbocycles. The predicted molar refractivity (Wildman–Crippen MR) is 46.8 cm³/mol. The van der Waals surface area contributed by atoms with Crippen LogP contribution in [0.4, 0.5) is 0 Å². The molecule has 0 aliphatic heterocycles. The van der Waals surface area contributed by atoms with Gasteiger partial charge in [-0.3, -0.25) is 0 Å². The van der Waals surface area contributed by atoms with Crippen molar-refractivity contribution in [1.29, 1.82) is 0 Å². The van der Waals surface area contributed by atoms with E-state index in [1.165, 1.54) is 7.11 Å². The predicted octanol–water partition coefficient (Wildman–Crippen LogP) is -3.87. The third-order valence-corrected chi connectivity index (χ3v) is 1.21. The average molecular weight is 222 g/mol. The first-order chi connectivity index (χ1) is 6.61. The van der Waals surface area contributed by atoms with E-state index in [-0.39, 0.29) is 35.3 Å². The molecule has 1 aromatic carbocycles. The van der Waals surface area contributed by atoms with Gasteiger partial charge in [0.25, 0.3) is 0 Å². The first-order valence-electron chi connectivity index (χ1n) is 3.74. The smallest absolute Gasteiger partial charge is 0.548 e. The number of carbonyl (C=O) groups is 1. The van der Waals surface area contributed by atoms with Crippen LogP contribution >= 0.6 is 0 Å². The number of ether oxygens (including phenoxy) is 1. The number of phenolic OH excluding ortho intramolecular Hbond substituents is 1. The van der Waals surface area contributed by atoms with Gasteiger partial charge in [0.05, 0.1) is 19.7 Å². The Bertz CT molecular complexity index is 290. The molecule has 0 amide bonds. The summed E-state index contributed by atoms with van der Waals surface area (Å²) in [5, 5.41) is 25.5. The molecule has 78 valence electrons. The maximum atomic E-state index is 9.01. The molecule has 15 heavy (non-hydrogen) atoms. The molecule has 0 radical (unpaired) electrons. The largest absolute Gasteiger partial charge is 1.00 e. The quantitative estimate of drug-likeness (QED) is 0.500. The summed E-state index contributed by atoms with van der Waals surface area (Å²) in [7, 11) is 1.52. The number of aromatic hydroxyl groups is 1. The Morgan fingerprint density at radius 3 is 2.20 bits per heavy atom. The van der Waals surface area contributed by atoms with Crippen molar-refractivity contribution in [3.63, 3.8) is 0 Å². The first kappa shape index (κ1) is 16.7. The molecule has 0 aliphatic rings. The number of hydrogen-bond acceptors (Lipinski definition) is 5. The Morgan fingerprint density at radius 1 is 1.47 bits per heavy atom. The average Bonchev–Trinajstić information content (AvgIpc) is 2.19. The van der Waals surface area contributed by atoms with E-state index in [1.807, 2.05) is 0 Å². The van der Waals surface area contributed by atoms with Crippen LogP contribution in [0.15, 0.2) is 24.3 Å². The zero-order valence-electron chi connectivity index (χ0n) is 8.64. The minimum Gasteiger partial charge on any atom is -0.548 e. The van der Waals surface area contributed by atoms with Crippen LogP contribution < -0.4 is 39.4 Å². The second-order valence-electron chi connectivity index (χ2n) is 2.20. The number of benzene rings is 1. The zero-order chi connectivity index (χ0) is 11.0. The number of para-hydroxylation sites is 2. The SMILES string of the molecule is COc1ccccc1O.O=C([O-])CO.[Na+]. The minimum atomic E-state index is -1.44. The van der Waals surface area contributed by atoms with E-state index in [4.69, 9.17) is 24.9 Å². The third-order valence-electron chi connectivity index (χ3n) is 1.21. The summed E-state index contributed by atoms with van der Waals surface area (Å²) in [4.78, 5) is 9.01. The van der Waals surface area contributed by atoms with E-state index in [2.05, 4.69) is 0 Å². The van der Waals surface area contributed by atoms with Crippen LogP contribution in [0.25, 0.3) is 0 Å². The molecule has 0 bridgehead atoms. The van der Waals surface area contributed by atoms with Crippen LogP contribution in [-0.4, -0.2) is 29.9 Å². The van der Waals surface area contributed by atoms with Crippen molar-refractivity contribution in [3.8, 4) is 11.5 Å². The van der Waals surface area contributed by atoms with Crippen molar-refractivity contribution in [2.75, 3.05) is 13.7 Å². The Hall–Kier alpha value is -0.750. The van der Waals surface area contributed by atoms with Gasteiger partial charge in [-0.25, -0.2) is 0 Å². The molecule has 0 unspecified atom stereocenters. The van der Waals surface area contributed by atoms with Gasteiger partial charge in [0.15, 0.2) is 11.5 Å². The molecule has 0 heterocycles. The molecule has 5 nitrogen and oxygen atoms in total. The van der Waals surface area contributed by atoms with Gasteiger partial charge in [-0.2, -0.15) is 0 Å². The molecule has 0 fully saturated rings. The number of aliphatic hydroxyl groups excluding tert-OH is 1. The minimum absolute atomic E-state index is 0. The molecular weight excluding hydrogens is 211 g/mol. The Morgan fingerprint density at radius 2 is 1.93 bits per heavy atom. The molecule has 0 spiro atoms. The molecule has 0 aliphatic carbocycles. The number of phenols is 1. The summed E-state index contributed by atoms with van der Waals surface area (Å²) < 4.78 is 4.79. The van der Waals surface area contributed by atoms with Crippen LogP contribution in [0.2, 0.25) is 0 Å². The van der Waals surface area contributed by atoms with Gasteiger partial charge < -0.3 is 24.9 Å². The van der Waals surface area contributed by atoms with Gasteiger partial charge >= 0.3 is 29.6 Å².